The lowest BCUT2D eigenvalue weighted by atomic mass is 10.0. The Morgan fingerprint density at radius 1 is 1.00 bits per heavy atom. The number of likely N-dealkylation sites (tertiary alicyclic amines) is 2. The maximum atomic E-state index is 13.7. The van der Waals surface area contributed by atoms with Gasteiger partial charge in [-0.1, -0.05) is 12.1 Å². The highest BCUT2D eigenvalue weighted by Gasteiger charge is 2.32. The number of furan rings is 1. The average molecular weight is 583 g/mol. The van der Waals surface area contributed by atoms with Crippen molar-refractivity contribution in [2.75, 3.05) is 31.5 Å². The van der Waals surface area contributed by atoms with E-state index in [9.17, 15) is 24.4 Å². The topological polar surface area (TPSA) is 162 Å². The zero-order chi connectivity index (χ0) is 30.5. The molecule has 11 nitrogen and oxygen atoms in total. The fraction of sp³-hybridized carbons (Fsp3) is 0.344. The summed E-state index contributed by atoms with van der Waals surface area (Å²) in [5.74, 6) is -0.769. The van der Waals surface area contributed by atoms with E-state index in [4.69, 9.17) is 10.2 Å². The molecule has 11 heteroatoms. The van der Waals surface area contributed by atoms with E-state index in [0.29, 0.717) is 37.3 Å². The number of benzene rings is 2. The number of rotatable bonds is 9. The number of carbonyl (C=O) groups excluding carboxylic acids is 4. The van der Waals surface area contributed by atoms with Gasteiger partial charge in [-0.15, -0.1) is 0 Å². The van der Waals surface area contributed by atoms with Gasteiger partial charge in [-0.2, -0.15) is 5.26 Å². The maximum absolute atomic E-state index is 13.7. The minimum Gasteiger partial charge on any atom is -0.461 e. The van der Waals surface area contributed by atoms with Gasteiger partial charge in [-0.25, -0.2) is 0 Å². The van der Waals surface area contributed by atoms with Crippen LogP contribution >= 0.6 is 0 Å². The zero-order valence-corrected chi connectivity index (χ0v) is 24.0. The number of nitrogens with zero attached hydrogens (tertiary/aromatic N) is 3. The van der Waals surface area contributed by atoms with Crippen molar-refractivity contribution in [2.45, 2.75) is 45.1 Å². The van der Waals surface area contributed by atoms with Gasteiger partial charge in [0, 0.05) is 41.8 Å². The number of hydrogen-bond acceptors (Lipinski definition) is 8. The summed E-state index contributed by atoms with van der Waals surface area (Å²) >= 11 is 0. The third kappa shape index (κ3) is 6.70. The SMILES string of the molecule is Cc1cc2cc(NC(N[C@H]3CCCCN(CC(=O)N4CCCC4)C3=O)=C(C#N)C(=O)c3ccc(C(N)=O)cc3)ccc2o1. The molecular weight excluding hydrogens is 548 g/mol. The number of fused-ring (bicyclic) bond motifs is 1. The van der Waals surface area contributed by atoms with Gasteiger partial charge in [0.2, 0.25) is 23.5 Å². The van der Waals surface area contributed by atoms with E-state index in [1.165, 1.54) is 24.3 Å². The van der Waals surface area contributed by atoms with Crippen molar-refractivity contribution in [1.82, 2.24) is 15.1 Å². The second kappa shape index (κ2) is 12.8. The fourth-order valence-corrected chi connectivity index (χ4v) is 5.52. The van der Waals surface area contributed by atoms with Crippen LogP contribution in [-0.4, -0.2) is 65.5 Å². The lowest BCUT2D eigenvalue weighted by molar-refractivity contribution is -0.140. The number of nitrogens with one attached hydrogen (secondary N) is 2. The van der Waals surface area contributed by atoms with Crippen molar-refractivity contribution in [1.29, 1.82) is 5.26 Å². The fourth-order valence-electron chi connectivity index (χ4n) is 5.52. The summed E-state index contributed by atoms with van der Waals surface area (Å²) in [4.78, 5) is 55.1. The number of allylic oxidation sites excluding steroid dienone is 1. The monoisotopic (exact) mass is 582 g/mol. The van der Waals surface area contributed by atoms with Gasteiger partial charge in [0.05, 0.1) is 6.54 Å². The first-order valence-electron chi connectivity index (χ1n) is 14.4. The highest BCUT2D eigenvalue weighted by Crippen LogP contribution is 2.25. The molecule has 43 heavy (non-hydrogen) atoms. The normalized spacial score (nSPS) is 17.7. The Labute approximate surface area is 249 Å². The van der Waals surface area contributed by atoms with Gasteiger partial charge in [-0.05, 0) is 75.4 Å². The van der Waals surface area contributed by atoms with Gasteiger partial charge in [0.25, 0.3) is 0 Å². The van der Waals surface area contributed by atoms with Gasteiger partial charge < -0.3 is 30.6 Å². The summed E-state index contributed by atoms with van der Waals surface area (Å²) in [6.07, 6.45) is 3.83. The maximum Gasteiger partial charge on any atom is 0.248 e. The van der Waals surface area contributed by atoms with E-state index >= 15 is 0 Å². The second-order valence-corrected chi connectivity index (χ2v) is 10.9. The predicted molar refractivity (Wildman–Crippen MR) is 160 cm³/mol. The third-order valence-corrected chi connectivity index (χ3v) is 7.81. The molecule has 5 rings (SSSR count). The van der Waals surface area contributed by atoms with E-state index in [0.717, 1.165) is 36.8 Å². The summed E-state index contributed by atoms with van der Waals surface area (Å²) in [5, 5.41) is 17.4. The molecule has 3 aromatic rings. The summed E-state index contributed by atoms with van der Waals surface area (Å²) in [5.41, 5.74) is 6.75. The molecule has 1 aromatic heterocycles. The van der Waals surface area contributed by atoms with Gasteiger partial charge in [-0.3, -0.25) is 19.2 Å². The van der Waals surface area contributed by atoms with Crippen molar-refractivity contribution in [3.8, 4) is 6.07 Å². The quantitative estimate of drug-likeness (QED) is 0.196. The molecule has 2 saturated heterocycles. The predicted octanol–water partition coefficient (Wildman–Crippen LogP) is 3.46. The molecule has 0 unspecified atom stereocenters. The smallest absolute Gasteiger partial charge is 0.248 e. The molecule has 1 atom stereocenters. The van der Waals surface area contributed by atoms with E-state index in [1.807, 2.05) is 25.1 Å². The molecule has 2 aromatic carbocycles. The number of Topliss-reactive ketones (excluding diaryl/α,β-unsaturated/α-hetero) is 1. The Kier molecular flexibility index (Phi) is 8.76. The van der Waals surface area contributed by atoms with Crippen molar-refractivity contribution >= 4 is 40.2 Å². The molecule has 0 radical (unpaired) electrons. The Bertz CT molecular complexity index is 1630. The molecule has 2 aliphatic heterocycles. The lowest BCUT2D eigenvalue weighted by Gasteiger charge is -2.28. The Morgan fingerprint density at radius 3 is 2.40 bits per heavy atom. The number of anilines is 1. The van der Waals surface area contributed by atoms with Crippen LogP contribution in [0.25, 0.3) is 11.0 Å². The molecule has 0 bridgehead atoms. The molecule has 2 aliphatic rings. The molecule has 222 valence electrons. The molecule has 4 N–H and O–H groups in total. The second-order valence-electron chi connectivity index (χ2n) is 10.9. The highest BCUT2D eigenvalue weighted by atomic mass is 16.3. The minimum atomic E-state index is -0.773. The number of nitrogens with two attached hydrogens (primary N) is 1. The molecule has 3 heterocycles. The van der Waals surface area contributed by atoms with Crippen LogP contribution < -0.4 is 16.4 Å². The average Bonchev–Trinajstić information content (AvgIpc) is 3.63. The molecule has 0 spiro atoms. The van der Waals surface area contributed by atoms with Crippen LogP contribution in [0.3, 0.4) is 0 Å². The van der Waals surface area contributed by atoms with Gasteiger partial charge in [0.1, 0.15) is 34.8 Å². The van der Waals surface area contributed by atoms with Crippen molar-refractivity contribution in [2.24, 2.45) is 5.73 Å². The first-order chi connectivity index (χ1) is 20.7. The molecule has 2 fully saturated rings. The number of primary amides is 1. The summed E-state index contributed by atoms with van der Waals surface area (Å²) in [6.45, 7) is 3.70. The number of ketones is 1. The van der Waals surface area contributed by atoms with Crippen molar-refractivity contribution in [3.05, 3.63) is 76.8 Å². The highest BCUT2D eigenvalue weighted by molar-refractivity contribution is 6.12. The number of hydrogen-bond donors (Lipinski definition) is 3. The van der Waals surface area contributed by atoms with Crippen LogP contribution in [0.5, 0.6) is 0 Å². The molecular formula is C32H34N6O5. The number of carbonyl (C=O) groups is 4. The van der Waals surface area contributed by atoms with E-state index in [-0.39, 0.29) is 40.9 Å². The number of amides is 3. The molecule has 0 aliphatic carbocycles. The molecule has 0 saturated carbocycles. The summed E-state index contributed by atoms with van der Waals surface area (Å²) in [6, 6.07) is 14.2. The van der Waals surface area contributed by atoms with Crippen molar-refractivity contribution < 1.29 is 23.6 Å². The number of aryl methyl sites for hydroxylation is 1. The lowest BCUT2D eigenvalue weighted by Crippen LogP contribution is -2.49. The summed E-state index contributed by atoms with van der Waals surface area (Å²) < 4.78 is 5.67. The zero-order valence-electron chi connectivity index (χ0n) is 24.0. The third-order valence-electron chi connectivity index (χ3n) is 7.81. The van der Waals surface area contributed by atoms with Crippen LogP contribution in [0, 0.1) is 18.3 Å². The van der Waals surface area contributed by atoms with Crippen molar-refractivity contribution in [3.63, 3.8) is 0 Å². The Morgan fingerprint density at radius 2 is 1.70 bits per heavy atom. The van der Waals surface area contributed by atoms with Crippen LogP contribution in [-0.2, 0) is 9.59 Å². The molecule has 3 amide bonds. The van der Waals surface area contributed by atoms with Crippen LogP contribution in [0.2, 0.25) is 0 Å². The van der Waals surface area contributed by atoms with Gasteiger partial charge >= 0.3 is 0 Å². The first-order valence-corrected chi connectivity index (χ1v) is 14.4. The Balaban J connectivity index is 1.47. The minimum absolute atomic E-state index is 0.00372. The van der Waals surface area contributed by atoms with Crippen LogP contribution in [0.15, 0.2) is 64.3 Å². The number of nitriles is 1. The standard InChI is InChI=1S/C32H34N6O5/c1-20-16-23-17-24(11-12-27(23)43-20)35-31(25(18-33)29(40)21-7-9-22(10-8-21)30(34)41)36-26-6-2-3-15-38(32(26)42)19-28(39)37-13-4-5-14-37/h7-12,16-17,26,35-36H,2-6,13-15,19H2,1H3,(H2,34,41)/t26-/m0/s1. The van der Waals surface area contributed by atoms with E-state index in [1.54, 1.807) is 21.9 Å². The first kappa shape index (κ1) is 29.4. The largest absolute Gasteiger partial charge is 0.461 e. The Hall–Kier alpha value is -5.11. The van der Waals surface area contributed by atoms with Crippen LogP contribution in [0.1, 0.15) is 58.6 Å². The van der Waals surface area contributed by atoms with E-state index in [2.05, 4.69) is 10.6 Å². The van der Waals surface area contributed by atoms with Crippen LogP contribution in [0.4, 0.5) is 5.69 Å². The van der Waals surface area contributed by atoms with E-state index < -0.39 is 17.7 Å². The summed E-state index contributed by atoms with van der Waals surface area (Å²) in [7, 11) is 0. The van der Waals surface area contributed by atoms with Gasteiger partial charge in [0.15, 0.2) is 0 Å².